The van der Waals surface area contributed by atoms with Crippen molar-refractivity contribution >= 4 is 15.9 Å². The molecular formula is C24H31N3O3S. The fourth-order valence-electron chi connectivity index (χ4n) is 4.48. The maximum atomic E-state index is 12.8. The lowest BCUT2D eigenvalue weighted by molar-refractivity contribution is 0.0908. The summed E-state index contributed by atoms with van der Waals surface area (Å²) >= 11 is 0. The molecule has 4 rings (SSSR count). The SMILES string of the molecule is O=C(NC1CCN(Cc2ccccc2)CC1)c1cccc(S(=O)(=O)NC2CCCC2)c1. The first-order chi connectivity index (χ1) is 15.0. The zero-order valence-corrected chi connectivity index (χ0v) is 18.6. The molecule has 166 valence electrons. The number of hydrogen-bond donors (Lipinski definition) is 2. The monoisotopic (exact) mass is 441 g/mol. The third-order valence-corrected chi connectivity index (χ3v) is 7.77. The molecule has 2 aromatic rings. The van der Waals surface area contributed by atoms with Gasteiger partial charge in [0.25, 0.3) is 5.91 Å². The van der Waals surface area contributed by atoms with Crippen LogP contribution in [0.5, 0.6) is 0 Å². The van der Waals surface area contributed by atoms with E-state index in [2.05, 4.69) is 39.2 Å². The van der Waals surface area contributed by atoms with Crippen molar-refractivity contribution in [3.8, 4) is 0 Å². The van der Waals surface area contributed by atoms with E-state index in [0.717, 1.165) is 58.2 Å². The number of carbonyl (C=O) groups excluding carboxylic acids is 1. The summed E-state index contributed by atoms with van der Waals surface area (Å²) < 4.78 is 28.2. The summed E-state index contributed by atoms with van der Waals surface area (Å²) in [6, 6.07) is 16.9. The Kier molecular flexibility index (Phi) is 7.05. The van der Waals surface area contributed by atoms with Gasteiger partial charge in [-0.2, -0.15) is 0 Å². The molecule has 2 fully saturated rings. The molecule has 0 atom stereocenters. The van der Waals surface area contributed by atoms with Crippen LogP contribution < -0.4 is 10.0 Å². The normalized spacial score (nSPS) is 18.8. The molecule has 6 nitrogen and oxygen atoms in total. The molecule has 1 aliphatic carbocycles. The number of nitrogens with zero attached hydrogens (tertiary/aromatic N) is 1. The molecule has 1 saturated heterocycles. The van der Waals surface area contributed by atoms with Crippen molar-refractivity contribution in [1.29, 1.82) is 0 Å². The highest BCUT2D eigenvalue weighted by molar-refractivity contribution is 7.89. The quantitative estimate of drug-likeness (QED) is 0.691. The second kappa shape index (κ2) is 9.94. The summed E-state index contributed by atoms with van der Waals surface area (Å²) in [7, 11) is -3.61. The van der Waals surface area contributed by atoms with Crippen LogP contribution in [0.2, 0.25) is 0 Å². The van der Waals surface area contributed by atoms with E-state index >= 15 is 0 Å². The summed E-state index contributed by atoms with van der Waals surface area (Å²) in [6.07, 6.45) is 5.64. The molecule has 1 aliphatic heterocycles. The van der Waals surface area contributed by atoms with Gasteiger partial charge in [-0.25, -0.2) is 13.1 Å². The molecule has 2 N–H and O–H groups in total. The van der Waals surface area contributed by atoms with Crippen LogP contribution in [0.25, 0.3) is 0 Å². The van der Waals surface area contributed by atoms with Crippen LogP contribution in [0.3, 0.4) is 0 Å². The van der Waals surface area contributed by atoms with Gasteiger partial charge in [0.15, 0.2) is 0 Å². The number of likely N-dealkylation sites (tertiary alicyclic amines) is 1. The number of amides is 1. The molecule has 1 heterocycles. The van der Waals surface area contributed by atoms with E-state index in [1.807, 2.05) is 6.07 Å². The lowest BCUT2D eigenvalue weighted by Gasteiger charge is -2.32. The Hall–Kier alpha value is -2.22. The zero-order chi connectivity index (χ0) is 21.7. The van der Waals surface area contributed by atoms with Gasteiger partial charge in [0.05, 0.1) is 4.90 Å². The largest absolute Gasteiger partial charge is 0.349 e. The smallest absolute Gasteiger partial charge is 0.251 e. The number of rotatable bonds is 7. The minimum Gasteiger partial charge on any atom is -0.349 e. The van der Waals surface area contributed by atoms with Gasteiger partial charge in [-0.15, -0.1) is 0 Å². The van der Waals surface area contributed by atoms with Crippen molar-refractivity contribution in [2.75, 3.05) is 13.1 Å². The van der Waals surface area contributed by atoms with Crippen LogP contribution in [-0.4, -0.2) is 44.4 Å². The fourth-order valence-corrected chi connectivity index (χ4v) is 5.83. The third-order valence-electron chi connectivity index (χ3n) is 6.26. The Morgan fingerprint density at radius 3 is 2.32 bits per heavy atom. The molecule has 7 heteroatoms. The molecule has 2 aliphatic rings. The Balaban J connectivity index is 1.31. The maximum absolute atomic E-state index is 12.8. The fraction of sp³-hybridized carbons (Fsp3) is 0.458. The summed E-state index contributed by atoms with van der Waals surface area (Å²) in [5.74, 6) is -0.209. The predicted octanol–water partition coefficient (Wildman–Crippen LogP) is 3.30. The van der Waals surface area contributed by atoms with Gasteiger partial charge in [0.1, 0.15) is 0 Å². The summed E-state index contributed by atoms with van der Waals surface area (Å²) in [5, 5.41) is 3.09. The topological polar surface area (TPSA) is 78.5 Å². The molecule has 0 spiro atoms. The lowest BCUT2D eigenvalue weighted by atomic mass is 10.0. The average Bonchev–Trinajstić information content (AvgIpc) is 3.28. The Labute approximate surface area is 185 Å². The lowest BCUT2D eigenvalue weighted by Crippen LogP contribution is -2.44. The van der Waals surface area contributed by atoms with Gasteiger partial charge in [-0.3, -0.25) is 9.69 Å². The van der Waals surface area contributed by atoms with E-state index in [4.69, 9.17) is 0 Å². The van der Waals surface area contributed by atoms with Gasteiger partial charge >= 0.3 is 0 Å². The van der Waals surface area contributed by atoms with Gasteiger partial charge in [0, 0.05) is 37.3 Å². The second-order valence-electron chi connectivity index (χ2n) is 8.64. The number of sulfonamides is 1. The highest BCUT2D eigenvalue weighted by Crippen LogP contribution is 2.21. The van der Waals surface area contributed by atoms with Gasteiger partial charge < -0.3 is 5.32 Å². The van der Waals surface area contributed by atoms with Crippen molar-refractivity contribution in [3.05, 3.63) is 65.7 Å². The van der Waals surface area contributed by atoms with E-state index in [1.165, 1.54) is 11.6 Å². The summed E-state index contributed by atoms with van der Waals surface area (Å²) in [4.78, 5) is 15.3. The minimum atomic E-state index is -3.61. The zero-order valence-electron chi connectivity index (χ0n) is 17.8. The highest BCUT2D eigenvalue weighted by atomic mass is 32.2. The van der Waals surface area contributed by atoms with Crippen molar-refractivity contribution in [2.24, 2.45) is 0 Å². The van der Waals surface area contributed by atoms with Crippen molar-refractivity contribution < 1.29 is 13.2 Å². The number of carbonyl (C=O) groups is 1. The van der Waals surface area contributed by atoms with E-state index in [9.17, 15) is 13.2 Å². The molecule has 1 amide bonds. The molecule has 2 aromatic carbocycles. The van der Waals surface area contributed by atoms with E-state index < -0.39 is 10.0 Å². The first-order valence-corrected chi connectivity index (χ1v) is 12.7. The number of benzene rings is 2. The summed E-state index contributed by atoms with van der Waals surface area (Å²) in [5.41, 5.74) is 1.69. The first kappa shape index (κ1) is 22.0. The molecule has 0 bridgehead atoms. The van der Waals surface area contributed by atoms with Crippen molar-refractivity contribution in [3.63, 3.8) is 0 Å². The second-order valence-corrected chi connectivity index (χ2v) is 10.4. The van der Waals surface area contributed by atoms with Crippen LogP contribution in [-0.2, 0) is 16.6 Å². The third kappa shape index (κ3) is 5.93. The summed E-state index contributed by atoms with van der Waals surface area (Å²) in [6.45, 7) is 2.79. The van der Waals surface area contributed by atoms with Crippen molar-refractivity contribution in [2.45, 2.75) is 62.0 Å². The number of piperidine rings is 1. The van der Waals surface area contributed by atoms with E-state index in [-0.39, 0.29) is 22.9 Å². The van der Waals surface area contributed by atoms with E-state index in [1.54, 1.807) is 18.2 Å². The minimum absolute atomic E-state index is 0.00329. The van der Waals surface area contributed by atoms with Crippen LogP contribution in [0.1, 0.15) is 54.4 Å². The Bertz CT molecular complexity index is 980. The standard InChI is InChI=1S/C24H31N3O3S/c28-24(25-21-13-15-27(16-14-21)18-19-7-2-1-3-8-19)20-9-6-12-23(17-20)31(29,30)26-22-10-4-5-11-22/h1-3,6-9,12,17,21-22,26H,4-5,10-11,13-16,18H2,(H,25,28). The molecule has 0 unspecified atom stereocenters. The van der Waals surface area contributed by atoms with Gasteiger partial charge in [0.2, 0.25) is 10.0 Å². The molecule has 0 aromatic heterocycles. The predicted molar refractivity (Wildman–Crippen MR) is 121 cm³/mol. The Morgan fingerprint density at radius 2 is 1.61 bits per heavy atom. The maximum Gasteiger partial charge on any atom is 0.251 e. The van der Waals surface area contributed by atoms with Crippen molar-refractivity contribution in [1.82, 2.24) is 14.9 Å². The van der Waals surface area contributed by atoms with Crippen LogP contribution in [0, 0.1) is 0 Å². The van der Waals surface area contributed by atoms with Gasteiger partial charge in [-0.05, 0) is 49.4 Å². The molecule has 31 heavy (non-hydrogen) atoms. The van der Waals surface area contributed by atoms with E-state index in [0.29, 0.717) is 5.56 Å². The Morgan fingerprint density at radius 1 is 0.903 bits per heavy atom. The van der Waals surface area contributed by atoms with Crippen LogP contribution in [0.15, 0.2) is 59.5 Å². The molecule has 0 radical (unpaired) electrons. The van der Waals surface area contributed by atoms with Crippen LogP contribution in [0.4, 0.5) is 0 Å². The average molecular weight is 442 g/mol. The highest BCUT2D eigenvalue weighted by Gasteiger charge is 2.25. The molecular weight excluding hydrogens is 410 g/mol. The number of nitrogens with one attached hydrogen (secondary N) is 2. The molecule has 1 saturated carbocycles. The number of hydrogen-bond acceptors (Lipinski definition) is 4. The van der Waals surface area contributed by atoms with Crippen LogP contribution >= 0.6 is 0 Å². The van der Waals surface area contributed by atoms with Gasteiger partial charge in [-0.1, -0.05) is 49.2 Å². The first-order valence-electron chi connectivity index (χ1n) is 11.2.